The number of carbonyl (C=O) groups is 1. The molecule has 2 aromatic carbocycles. The molecule has 0 radical (unpaired) electrons. The van der Waals surface area contributed by atoms with Gasteiger partial charge in [-0.05, 0) is 56.5 Å². The van der Waals surface area contributed by atoms with Crippen molar-refractivity contribution in [3.8, 4) is 11.5 Å². The van der Waals surface area contributed by atoms with E-state index in [1.807, 2.05) is 36.7 Å². The average molecular weight is 429 g/mol. The monoisotopic (exact) mass is 429 g/mol. The summed E-state index contributed by atoms with van der Waals surface area (Å²) in [6.45, 7) is 4.72. The molecule has 2 N–H and O–H groups in total. The van der Waals surface area contributed by atoms with Crippen LogP contribution in [0.5, 0.6) is 0 Å². The van der Waals surface area contributed by atoms with Gasteiger partial charge in [0.1, 0.15) is 11.3 Å². The third-order valence-corrected chi connectivity index (χ3v) is 5.92. The predicted octanol–water partition coefficient (Wildman–Crippen LogP) is 4.78. The summed E-state index contributed by atoms with van der Waals surface area (Å²) in [5, 5.41) is 17.9. The molecule has 0 saturated heterocycles. The number of aryl methyl sites for hydroxylation is 3. The lowest BCUT2D eigenvalue weighted by atomic mass is 10.0. The number of para-hydroxylation sites is 1. The highest BCUT2D eigenvalue weighted by Gasteiger charge is 2.20. The summed E-state index contributed by atoms with van der Waals surface area (Å²) in [6.07, 6.45) is 2.05. The summed E-state index contributed by atoms with van der Waals surface area (Å²) in [7, 11) is 0. The van der Waals surface area contributed by atoms with Crippen molar-refractivity contribution in [2.45, 2.75) is 39.3 Å². The Labute approximate surface area is 184 Å². The molecule has 5 rings (SSSR count). The van der Waals surface area contributed by atoms with Crippen LogP contribution in [0.2, 0.25) is 0 Å². The molecule has 32 heavy (non-hydrogen) atoms. The molecule has 1 atom stereocenters. The predicted molar refractivity (Wildman–Crippen MR) is 122 cm³/mol. The zero-order chi connectivity index (χ0) is 22.4. The highest BCUT2D eigenvalue weighted by molar-refractivity contribution is 5.94. The number of carboxylic acid groups (broad SMARTS) is 1. The molecule has 1 aliphatic heterocycles. The lowest BCUT2D eigenvalue weighted by Gasteiger charge is -2.19. The van der Waals surface area contributed by atoms with Gasteiger partial charge in [0.05, 0.1) is 17.0 Å². The normalized spacial score (nSPS) is 13.8. The lowest BCUT2D eigenvalue weighted by molar-refractivity contribution is 0.0698. The number of aromatic nitrogens is 2. The SMILES string of the molecule is Cc1cc([C@@H](C)Nc2ccccc2C(=O)O)c2oc(-c3cc4n(n3)CCC4)cc(=O)c2c1. The van der Waals surface area contributed by atoms with Gasteiger partial charge in [0, 0.05) is 29.6 Å². The Morgan fingerprint density at radius 2 is 2.03 bits per heavy atom. The van der Waals surface area contributed by atoms with Crippen molar-refractivity contribution >= 4 is 22.6 Å². The van der Waals surface area contributed by atoms with E-state index >= 15 is 0 Å². The van der Waals surface area contributed by atoms with Crippen LogP contribution >= 0.6 is 0 Å². The van der Waals surface area contributed by atoms with Crippen LogP contribution in [0.1, 0.15) is 46.6 Å². The molecule has 0 aliphatic carbocycles. The van der Waals surface area contributed by atoms with E-state index in [2.05, 4.69) is 10.4 Å². The number of fused-ring (bicyclic) bond motifs is 2. The number of benzene rings is 2. The first-order chi connectivity index (χ1) is 15.4. The molecule has 0 unspecified atom stereocenters. The number of rotatable bonds is 5. The van der Waals surface area contributed by atoms with Gasteiger partial charge >= 0.3 is 5.97 Å². The molecule has 1 aliphatic rings. The standard InChI is InChI=1S/C25H23N3O4/c1-14-10-18(15(2)26-20-8-4-3-7-17(20)25(30)31)24-19(11-14)22(29)13-23(32-24)21-12-16-6-5-9-28(16)27-21/h3-4,7-8,10-13,15,26H,5-6,9H2,1-2H3,(H,30,31)/t15-/m1/s1. The van der Waals surface area contributed by atoms with E-state index in [0.717, 1.165) is 36.2 Å². The molecule has 4 aromatic rings. The van der Waals surface area contributed by atoms with Gasteiger partial charge in [-0.2, -0.15) is 5.10 Å². The molecule has 0 fully saturated rings. The van der Waals surface area contributed by atoms with E-state index in [-0.39, 0.29) is 17.0 Å². The number of anilines is 1. The highest BCUT2D eigenvalue weighted by atomic mass is 16.4. The van der Waals surface area contributed by atoms with Gasteiger partial charge in [-0.25, -0.2) is 4.79 Å². The van der Waals surface area contributed by atoms with Crippen LogP contribution in [0.25, 0.3) is 22.4 Å². The van der Waals surface area contributed by atoms with Crippen molar-refractivity contribution in [1.82, 2.24) is 9.78 Å². The molecule has 0 spiro atoms. The van der Waals surface area contributed by atoms with Crippen LogP contribution in [0.15, 0.2) is 57.7 Å². The minimum absolute atomic E-state index is 0.127. The quantitative estimate of drug-likeness (QED) is 0.474. The lowest BCUT2D eigenvalue weighted by Crippen LogP contribution is -2.12. The van der Waals surface area contributed by atoms with Crippen LogP contribution in [-0.4, -0.2) is 20.9 Å². The molecule has 0 saturated carbocycles. The number of hydrogen-bond donors (Lipinski definition) is 2. The minimum atomic E-state index is -1.00. The van der Waals surface area contributed by atoms with Crippen LogP contribution in [0.3, 0.4) is 0 Å². The van der Waals surface area contributed by atoms with Crippen molar-refractivity contribution in [2.24, 2.45) is 0 Å². The van der Waals surface area contributed by atoms with Crippen molar-refractivity contribution in [3.05, 3.63) is 81.1 Å². The molecule has 2 aromatic heterocycles. The van der Waals surface area contributed by atoms with E-state index in [1.165, 1.54) is 6.07 Å². The van der Waals surface area contributed by atoms with Crippen molar-refractivity contribution in [1.29, 1.82) is 0 Å². The number of aromatic carboxylic acids is 1. The van der Waals surface area contributed by atoms with Gasteiger partial charge in [0.25, 0.3) is 0 Å². The molecule has 0 bridgehead atoms. The fraction of sp³-hybridized carbons (Fsp3) is 0.240. The van der Waals surface area contributed by atoms with Gasteiger partial charge in [0.15, 0.2) is 11.2 Å². The third-order valence-electron chi connectivity index (χ3n) is 5.92. The van der Waals surface area contributed by atoms with Gasteiger partial charge in [-0.15, -0.1) is 0 Å². The van der Waals surface area contributed by atoms with Crippen LogP contribution < -0.4 is 10.7 Å². The molecule has 7 nitrogen and oxygen atoms in total. The summed E-state index contributed by atoms with van der Waals surface area (Å²) >= 11 is 0. The number of nitrogens with one attached hydrogen (secondary N) is 1. The van der Waals surface area contributed by atoms with Gasteiger partial charge in [-0.3, -0.25) is 9.48 Å². The first-order valence-electron chi connectivity index (χ1n) is 10.6. The van der Waals surface area contributed by atoms with E-state index in [1.54, 1.807) is 24.3 Å². The Balaban J connectivity index is 1.61. The van der Waals surface area contributed by atoms with Crippen molar-refractivity contribution in [2.75, 3.05) is 5.32 Å². The minimum Gasteiger partial charge on any atom is -0.478 e. The maximum Gasteiger partial charge on any atom is 0.337 e. The first-order valence-corrected chi connectivity index (χ1v) is 10.6. The fourth-order valence-electron chi connectivity index (χ4n) is 4.37. The Bertz CT molecular complexity index is 1400. The van der Waals surface area contributed by atoms with Crippen LogP contribution in [0, 0.1) is 6.92 Å². The Hall–Kier alpha value is -3.87. The van der Waals surface area contributed by atoms with Crippen molar-refractivity contribution in [3.63, 3.8) is 0 Å². The Kier molecular flexibility index (Phi) is 4.81. The Morgan fingerprint density at radius 3 is 2.81 bits per heavy atom. The third kappa shape index (κ3) is 3.45. The largest absolute Gasteiger partial charge is 0.478 e. The second kappa shape index (κ2) is 7.67. The summed E-state index contributed by atoms with van der Waals surface area (Å²) in [5.74, 6) is -0.566. The highest BCUT2D eigenvalue weighted by Crippen LogP contribution is 2.31. The molecular formula is C25H23N3O4. The molecule has 3 heterocycles. The van der Waals surface area contributed by atoms with E-state index in [9.17, 15) is 14.7 Å². The van der Waals surface area contributed by atoms with E-state index in [0.29, 0.717) is 28.1 Å². The molecule has 7 heteroatoms. The second-order valence-electron chi connectivity index (χ2n) is 8.27. The smallest absolute Gasteiger partial charge is 0.337 e. The second-order valence-corrected chi connectivity index (χ2v) is 8.27. The van der Waals surface area contributed by atoms with Crippen LogP contribution in [-0.2, 0) is 13.0 Å². The fourth-order valence-corrected chi connectivity index (χ4v) is 4.37. The van der Waals surface area contributed by atoms with Gasteiger partial charge in [-0.1, -0.05) is 18.2 Å². The number of hydrogen-bond acceptors (Lipinski definition) is 5. The van der Waals surface area contributed by atoms with E-state index < -0.39 is 5.97 Å². The zero-order valence-electron chi connectivity index (χ0n) is 17.9. The maximum absolute atomic E-state index is 13.0. The molecule has 162 valence electrons. The zero-order valence-corrected chi connectivity index (χ0v) is 17.9. The Morgan fingerprint density at radius 1 is 1.22 bits per heavy atom. The molecule has 0 amide bonds. The van der Waals surface area contributed by atoms with Crippen LogP contribution in [0.4, 0.5) is 5.69 Å². The topological polar surface area (TPSA) is 97.4 Å². The van der Waals surface area contributed by atoms with Gasteiger partial charge in [0.2, 0.25) is 0 Å². The average Bonchev–Trinajstić information content (AvgIpc) is 3.36. The number of carboxylic acids is 1. The molecular weight excluding hydrogens is 406 g/mol. The maximum atomic E-state index is 13.0. The number of nitrogens with zero attached hydrogens (tertiary/aromatic N) is 2. The summed E-state index contributed by atoms with van der Waals surface area (Å²) in [5.41, 5.74) is 4.56. The van der Waals surface area contributed by atoms with Gasteiger partial charge < -0.3 is 14.8 Å². The summed E-state index contributed by atoms with van der Waals surface area (Å²) in [6, 6.07) is 13.7. The summed E-state index contributed by atoms with van der Waals surface area (Å²) < 4.78 is 8.22. The summed E-state index contributed by atoms with van der Waals surface area (Å²) in [4.78, 5) is 24.6. The van der Waals surface area contributed by atoms with E-state index in [4.69, 9.17) is 4.42 Å². The first kappa shape index (κ1) is 20.1. The van der Waals surface area contributed by atoms with Crippen molar-refractivity contribution < 1.29 is 14.3 Å².